The number of aliphatic carboxylic acids is 1. The zero-order chi connectivity index (χ0) is 15.2. The first-order valence-corrected chi connectivity index (χ1v) is 8.06. The molecule has 1 heterocycles. The molecule has 6 nitrogen and oxygen atoms in total. The maximum absolute atomic E-state index is 12.0. The second kappa shape index (κ2) is 7.64. The standard InChI is InChI=1S/C15H27N3O3/c1-11(10-18-7-3-2-4-8-18)16-15(21)17-13(9-14(19)20)12-5-6-12/h11-13H,2-10H2,1H3,(H,19,20)(H2,16,17,21). The van der Waals surface area contributed by atoms with Gasteiger partial charge in [-0.1, -0.05) is 6.42 Å². The maximum atomic E-state index is 12.0. The molecule has 0 radical (unpaired) electrons. The summed E-state index contributed by atoms with van der Waals surface area (Å²) in [5.41, 5.74) is 0. The number of carboxylic acid groups (broad SMARTS) is 1. The highest BCUT2D eigenvalue weighted by Crippen LogP contribution is 2.33. The molecule has 1 aliphatic carbocycles. The summed E-state index contributed by atoms with van der Waals surface area (Å²) in [4.78, 5) is 25.2. The van der Waals surface area contributed by atoms with Gasteiger partial charge in [0.15, 0.2) is 0 Å². The van der Waals surface area contributed by atoms with E-state index in [0.29, 0.717) is 5.92 Å². The van der Waals surface area contributed by atoms with Crippen molar-refractivity contribution in [3.8, 4) is 0 Å². The van der Waals surface area contributed by atoms with Crippen molar-refractivity contribution in [3.05, 3.63) is 0 Å². The van der Waals surface area contributed by atoms with Crippen molar-refractivity contribution in [3.63, 3.8) is 0 Å². The van der Waals surface area contributed by atoms with Crippen molar-refractivity contribution in [1.29, 1.82) is 0 Å². The zero-order valence-electron chi connectivity index (χ0n) is 12.8. The molecule has 21 heavy (non-hydrogen) atoms. The van der Waals surface area contributed by atoms with Gasteiger partial charge >= 0.3 is 12.0 Å². The number of carbonyl (C=O) groups is 2. The molecule has 6 heteroatoms. The highest BCUT2D eigenvalue weighted by atomic mass is 16.4. The summed E-state index contributed by atoms with van der Waals surface area (Å²) in [5.74, 6) is -0.516. The number of carboxylic acids is 1. The van der Waals surface area contributed by atoms with Crippen molar-refractivity contribution in [2.75, 3.05) is 19.6 Å². The molecule has 2 amide bonds. The van der Waals surface area contributed by atoms with Crippen molar-refractivity contribution < 1.29 is 14.7 Å². The lowest BCUT2D eigenvalue weighted by atomic mass is 10.1. The lowest BCUT2D eigenvalue weighted by molar-refractivity contribution is -0.137. The van der Waals surface area contributed by atoms with E-state index in [0.717, 1.165) is 32.5 Å². The van der Waals surface area contributed by atoms with E-state index in [4.69, 9.17) is 5.11 Å². The average molecular weight is 297 g/mol. The van der Waals surface area contributed by atoms with Crippen LogP contribution in [-0.4, -0.2) is 53.7 Å². The molecule has 2 unspecified atom stereocenters. The minimum Gasteiger partial charge on any atom is -0.481 e. The molecule has 0 aromatic carbocycles. The minimum atomic E-state index is -0.853. The van der Waals surface area contributed by atoms with Gasteiger partial charge in [0.25, 0.3) is 0 Å². The van der Waals surface area contributed by atoms with Gasteiger partial charge in [0.1, 0.15) is 0 Å². The third kappa shape index (κ3) is 5.91. The fraction of sp³-hybridized carbons (Fsp3) is 0.867. The van der Waals surface area contributed by atoms with Gasteiger partial charge in [-0.25, -0.2) is 4.79 Å². The monoisotopic (exact) mass is 297 g/mol. The molecular formula is C15H27N3O3. The first-order valence-electron chi connectivity index (χ1n) is 8.06. The number of hydrogen-bond acceptors (Lipinski definition) is 3. The fourth-order valence-electron chi connectivity index (χ4n) is 3.03. The number of amides is 2. The lowest BCUT2D eigenvalue weighted by Gasteiger charge is -2.29. The molecular weight excluding hydrogens is 270 g/mol. The molecule has 2 aliphatic rings. The molecule has 2 fully saturated rings. The number of hydrogen-bond donors (Lipinski definition) is 3. The third-order valence-electron chi connectivity index (χ3n) is 4.26. The molecule has 3 N–H and O–H groups in total. The summed E-state index contributed by atoms with van der Waals surface area (Å²) >= 11 is 0. The quantitative estimate of drug-likeness (QED) is 0.663. The van der Waals surface area contributed by atoms with Gasteiger partial charge in [-0.2, -0.15) is 0 Å². The summed E-state index contributed by atoms with van der Waals surface area (Å²) in [6.45, 7) is 5.08. The van der Waals surface area contributed by atoms with E-state index in [1.165, 1.54) is 19.3 Å². The molecule has 2 atom stereocenters. The van der Waals surface area contributed by atoms with Crippen molar-refractivity contribution in [2.45, 2.75) is 57.5 Å². The molecule has 0 spiro atoms. The summed E-state index contributed by atoms with van der Waals surface area (Å²) in [7, 11) is 0. The second-order valence-corrected chi connectivity index (χ2v) is 6.42. The van der Waals surface area contributed by atoms with Crippen LogP contribution < -0.4 is 10.6 Å². The van der Waals surface area contributed by atoms with E-state index in [1.54, 1.807) is 0 Å². The Morgan fingerprint density at radius 3 is 2.43 bits per heavy atom. The fourth-order valence-corrected chi connectivity index (χ4v) is 3.03. The van der Waals surface area contributed by atoms with Gasteiger partial charge in [-0.15, -0.1) is 0 Å². The molecule has 0 aromatic heterocycles. The SMILES string of the molecule is CC(CN1CCCCC1)NC(=O)NC(CC(=O)O)C1CC1. The third-order valence-corrected chi connectivity index (χ3v) is 4.26. The van der Waals surface area contributed by atoms with Crippen LogP contribution in [0.2, 0.25) is 0 Å². The van der Waals surface area contributed by atoms with Crippen LogP contribution in [0.15, 0.2) is 0 Å². The molecule has 1 saturated heterocycles. The summed E-state index contributed by atoms with van der Waals surface area (Å²) in [5, 5.41) is 14.7. The van der Waals surface area contributed by atoms with Crippen LogP contribution in [-0.2, 0) is 4.79 Å². The van der Waals surface area contributed by atoms with E-state index in [1.807, 2.05) is 6.92 Å². The zero-order valence-corrected chi connectivity index (χ0v) is 12.8. The Bertz CT molecular complexity index is 365. The van der Waals surface area contributed by atoms with Gasteiger partial charge < -0.3 is 20.6 Å². The van der Waals surface area contributed by atoms with E-state index in [-0.39, 0.29) is 24.5 Å². The van der Waals surface area contributed by atoms with Crippen LogP contribution in [0.25, 0.3) is 0 Å². The predicted octanol–water partition coefficient (Wildman–Crippen LogP) is 1.41. The number of nitrogens with one attached hydrogen (secondary N) is 2. The molecule has 1 saturated carbocycles. The van der Waals surface area contributed by atoms with Gasteiger partial charge in [-0.05, 0) is 51.6 Å². The number of urea groups is 1. The predicted molar refractivity (Wildman–Crippen MR) is 80.2 cm³/mol. The number of likely N-dealkylation sites (tertiary alicyclic amines) is 1. The summed E-state index contributed by atoms with van der Waals surface area (Å²) < 4.78 is 0. The molecule has 0 bridgehead atoms. The Morgan fingerprint density at radius 2 is 1.86 bits per heavy atom. The normalized spacial score (nSPS) is 22.3. The first kappa shape index (κ1) is 16.1. The Balaban J connectivity index is 1.70. The smallest absolute Gasteiger partial charge is 0.315 e. The highest BCUT2D eigenvalue weighted by molar-refractivity contribution is 5.76. The Kier molecular flexibility index (Phi) is 5.85. The van der Waals surface area contributed by atoms with Crippen LogP contribution in [0.5, 0.6) is 0 Å². The Labute approximate surface area is 126 Å². The van der Waals surface area contributed by atoms with E-state index in [2.05, 4.69) is 15.5 Å². The molecule has 120 valence electrons. The molecule has 2 rings (SSSR count). The highest BCUT2D eigenvalue weighted by Gasteiger charge is 2.33. The van der Waals surface area contributed by atoms with Crippen molar-refractivity contribution >= 4 is 12.0 Å². The summed E-state index contributed by atoms with van der Waals surface area (Å²) in [6, 6.07) is -0.393. The van der Waals surface area contributed by atoms with Crippen molar-refractivity contribution in [1.82, 2.24) is 15.5 Å². The topological polar surface area (TPSA) is 81.7 Å². The van der Waals surface area contributed by atoms with E-state index >= 15 is 0 Å². The van der Waals surface area contributed by atoms with Crippen LogP contribution >= 0.6 is 0 Å². The van der Waals surface area contributed by atoms with E-state index in [9.17, 15) is 9.59 Å². The number of carbonyl (C=O) groups excluding carboxylic acids is 1. The average Bonchev–Trinajstić information content (AvgIpc) is 3.22. The number of piperidine rings is 1. The summed E-state index contributed by atoms with van der Waals surface area (Å²) in [6.07, 6.45) is 5.82. The first-order chi connectivity index (χ1) is 10.0. The molecule has 0 aromatic rings. The van der Waals surface area contributed by atoms with E-state index < -0.39 is 5.97 Å². The number of rotatable bonds is 7. The van der Waals surface area contributed by atoms with Crippen molar-refractivity contribution in [2.24, 2.45) is 5.92 Å². The van der Waals surface area contributed by atoms with Gasteiger partial charge in [-0.3, -0.25) is 4.79 Å². The maximum Gasteiger partial charge on any atom is 0.315 e. The Morgan fingerprint density at radius 1 is 1.19 bits per heavy atom. The van der Waals surface area contributed by atoms with Crippen LogP contribution in [0.4, 0.5) is 4.79 Å². The van der Waals surface area contributed by atoms with Gasteiger partial charge in [0.05, 0.1) is 6.42 Å². The van der Waals surface area contributed by atoms with Crippen LogP contribution in [0.1, 0.15) is 45.4 Å². The lowest BCUT2D eigenvalue weighted by Crippen LogP contribution is -2.50. The number of nitrogens with zero attached hydrogens (tertiary/aromatic N) is 1. The molecule has 1 aliphatic heterocycles. The van der Waals surface area contributed by atoms with Crippen LogP contribution in [0, 0.1) is 5.92 Å². The largest absolute Gasteiger partial charge is 0.481 e. The van der Waals surface area contributed by atoms with Gasteiger partial charge in [0.2, 0.25) is 0 Å². The minimum absolute atomic E-state index is 0.0125. The Hall–Kier alpha value is -1.30. The van der Waals surface area contributed by atoms with Gasteiger partial charge in [0, 0.05) is 18.6 Å². The second-order valence-electron chi connectivity index (χ2n) is 6.42. The van der Waals surface area contributed by atoms with Crippen LogP contribution in [0.3, 0.4) is 0 Å².